The fourth-order valence-corrected chi connectivity index (χ4v) is 12.0. The first kappa shape index (κ1) is 121. The van der Waals surface area contributed by atoms with Crippen LogP contribution in [0.5, 0.6) is 0 Å². The zero-order valence-electron chi connectivity index (χ0n) is 73.0. The zero-order valence-corrected chi connectivity index (χ0v) is 77.1. The topological polar surface area (TPSA) is 1100 Å². The highest BCUT2D eigenvalue weighted by molar-refractivity contribution is 7.87. The maximum atomic E-state index is 10.6. The van der Waals surface area contributed by atoms with Crippen molar-refractivity contribution in [3.05, 3.63) is 317 Å². The summed E-state index contributed by atoms with van der Waals surface area (Å²) < 4.78 is 151. The Balaban J connectivity index is 0.000000769. The smallest absolute Gasteiger partial charge is 0.335 e. The monoisotopic (exact) mass is 2060 g/mol. The Morgan fingerprint density at radius 3 is 0.528 bits per heavy atom. The summed E-state index contributed by atoms with van der Waals surface area (Å²) in [5, 5.41) is 73.2. The third-order valence-electron chi connectivity index (χ3n) is 15.7. The Hall–Kier alpha value is -18.8. The van der Waals surface area contributed by atoms with Gasteiger partial charge in [0.1, 0.15) is 25.1 Å². The first-order chi connectivity index (χ1) is 65.4. The van der Waals surface area contributed by atoms with Crippen molar-refractivity contribution in [3.8, 4) is 0 Å². The lowest BCUT2D eigenvalue weighted by Crippen LogP contribution is -2.22. The number of carboxylic acid groups (broad SMARTS) is 8. The summed E-state index contributed by atoms with van der Waals surface area (Å²) >= 11 is 0. The van der Waals surface area contributed by atoms with E-state index in [2.05, 4.69) is 0 Å². The molecule has 0 saturated carbocycles. The SMILES string of the molecule is Nc1cc(N)cc(C(=O)O)c1.Nc1cc(N)cc(C(=O)O)c1.Nc1cc(N)cc(C(=O)O)c1.Nc1cc(N)cc(C(=O)[O-])c1.Nc1cc(N)cc(C(=O)[O-])c1.Nc1ccc(C(=O)O)cc1.Nc1ccc(C(=O)O)cc1.Nc1ccc(C(=O)[O-])cc1.Nc1ccc(N)c(S(=O)(=O)O)c1.Nc1ccc(N)c(S(=O)(=O)[O-])c1.Nc1ccc(S(=O)(=O)O)cc1.Nc1ccc(S(=O)(=O)O)cc1.Nc1ccc(S(=O)(=O)[O-])cc1. The second kappa shape index (κ2) is 55.9. The van der Waals surface area contributed by atoms with Gasteiger partial charge in [0, 0.05) is 119 Å². The Morgan fingerprint density at radius 1 is 0.183 bits per heavy atom. The quantitative estimate of drug-likeness (QED) is 0.0583. The summed E-state index contributed by atoms with van der Waals surface area (Å²) in [6.45, 7) is 0. The lowest BCUT2D eigenvalue weighted by molar-refractivity contribution is -0.256. The Bertz CT molecular complexity index is 6340. The third-order valence-corrected chi connectivity index (χ3v) is 20.1. The van der Waals surface area contributed by atoms with Gasteiger partial charge in [-0.15, -0.1) is 0 Å². The number of hydrogen-bond acceptors (Lipinski definition) is 43. The Kier molecular flexibility index (Phi) is 47.7. The minimum Gasteiger partial charge on any atom is -0.744 e. The molecule has 48 N–H and O–H groups in total. The van der Waals surface area contributed by atoms with E-state index in [4.69, 9.17) is 154 Å². The van der Waals surface area contributed by atoms with Crippen LogP contribution >= 0.6 is 0 Å². The van der Waals surface area contributed by atoms with Crippen molar-refractivity contribution < 1.29 is 144 Å². The Morgan fingerprint density at radius 2 is 0.359 bits per heavy atom. The minimum atomic E-state index is -4.51. The number of aromatic carboxylic acids is 8. The van der Waals surface area contributed by atoms with Gasteiger partial charge in [0.05, 0.1) is 71.0 Å². The molecule has 0 fully saturated rings. The van der Waals surface area contributed by atoms with Crippen molar-refractivity contribution in [2.45, 2.75) is 24.5 Å². The van der Waals surface area contributed by atoms with Crippen LogP contribution in [0.1, 0.15) is 82.9 Å². The molecule has 56 heteroatoms. The van der Waals surface area contributed by atoms with Crippen LogP contribution in [0.4, 0.5) is 114 Å². The highest BCUT2D eigenvalue weighted by Gasteiger charge is 2.15. The predicted octanol–water partition coefficient (Wildman–Crippen LogP) is 2.70. The van der Waals surface area contributed by atoms with Crippen LogP contribution in [0.3, 0.4) is 0 Å². The van der Waals surface area contributed by atoms with Gasteiger partial charge >= 0.3 is 29.8 Å². The molecule has 0 aromatic heterocycles. The van der Waals surface area contributed by atoms with E-state index in [1.807, 2.05) is 0 Å². The van der Waals surface area contributed by atoms with Crippen LogP contribution in [-0.4, -0.2) is 138 Å². The molecule has 0 heterocycles. The second-order valence-corrected chi connectivity index (χ2v) is 34.3. The molecule has 0 bridgehead atoms. The van der Waals surface area contributed by atoms with E-state index in [0.717, 1.165) is 12.1 Å². The summed E-state index contributed by atoms with van der Waals surface area (Å²) in [6, 6.07) is 62.1. The van der Waals surface area contributed by atoms with Crippen molar-refractivity contribution in [2.24, 2.45) is 0 Å². The Labute approximate surface area is 808 Å². The number of carboxylic acids is 8. The van der Waals surface area contributed by atoms with E-state index < -0.39 is 103 Å². The third kappa shape index (κ3) is 48.9. The predicted molar refractivity (Wildman–Crippen MR) is 525 cm³/mol. The molecule has 0 radical (unpaired) electrons. The number of carbonyl (C=O) groups excluding carboxylic acids is 3. The number of anilines is 20. The molecule has 13 rings (SSSR count). The maximum Gasteiger partial charge on any atom is 0.335 e. The van der Waals surface area contributed by atoms with Gasteiger partial charge < -0.3 is 179 Å². The van der Waals surface area contributed by atoms with Gasteiger partial charge in [-0.1, -0.05) is 12.1 Å². The van der Waals surface area contributed by atoms with Crippen molar-refractivity contribution in [1.82, 2.24) is 0 Å². The molecule has 0 amide bonds. The first-order valence-corrected chi connectivity index (χ1v) is 44.9. The first-order valence-electron chi connectivity index (χ1n) is 37.8. The summed E-state index contributed by atoms with van der Waals surface area (Å²) in [5.41, 5.74) is 114. The number of rotatable bonds is 13. The van der Waals surface area contributed by atoms with Crippen LogP contribution in [0, 0.1) is 0 Å². The van der Waals surface area contributed by atoms with E-state index >= 15 is 0 Å². The summed E-state index contributed by atoms with van der Waals surface area (Å²) in [7, 11) is -21.2. The molecule has 0 aliphatic carbocycles. The molecule has 13 aromatic rings. The van der Waals surface area contributed by atoms with Crippen LogP contribution < -0.4 is 130 Å². The largest absolute Gasteiger partial charge is 0.744 e. The number of nitrogen functional groups attached to an aromatic ring is 20. The van der Waals surface area contributed by atoms with Gasteiger partial charge in [0.15, 0.2) is 0 Å². The molecule has 13 aromatic carbocycles. The van der Waals surface area contributed by atoms with E-state index in [0.29, 0.717) is 91.0 Å². The van der Waals surface area contributed by atoms with Gasteiger partial charge in [-0.25, -0.2) is 40.8 Å². The molecule has 0 aliphatic rings. The van der Waals surface area contributed by atoms with E-state index in [9.17, 15) is 105 Å². The average molecular weight is 2060 g/mol. The lowest BCUT2D eigenvalue weighted by atomic mass is 10.2. The minimum absolute atomic E-state index is 0.00231. The molecule has 758 valence electrons. The molecule has 0 saturated heterocycles. The lowest BCUT2D eigenvalue weighted by Gasteiger charge is -2.09. The fraction of sp³-hybridized carbons (Fsp3) is 0. The molecule has 142 heavy (non-hydrogen) atoms. The zero-order chi connectivity index (χ0) is 109. The number of hydrogen-bond donors (Lipinski definition) is 28. The van der Waals surface area contributed by atoms with Gasteiger partial charge in [-0.05, 0) is 266 Å². The van der Waals surface area contributed by atoms with Crippen molar-refractivity contribution in [3.63, 3.8) is 0 Å². The summed E-state index contributed by atoms with van der Waals surface area (Å²) in [5.74, 6) is -8.66. The van der Waals surface area contributed by atoms with Crippen molar-refractivity contribution >= 4 is 212 Å². The molecule has 0 atom stereocenters. The number of benzene rings is 13. The van der Waals surface area contributed by atoms with E-state index in [-0.39, 0.29) is 86.8 Å². The summed E-state index contributed by atoms with van der Waals surface area (Å²) in [6.07, 6.45) is 0. The van der Waals surface area contributed by atoms with E-state index in [1.54, 1.807) is 24.3 Å². The highest BCUT2D eigenvalue weighted by atomic mass is 32.2. The average Bonchev–Trinajstić information content (AvgIpc) is 0.833. The maximum absolute atomic E-state index is 10.6. The fourth-order valence-electron chi connectivity index (χ4n) is 9.32. The normalized spacial score (nSPS) is 10.2. The van der Waals surface area contributed by atoms with Gasteiger partial charge in [0.25, 0.3) is 30.4 Å². The van der Waals surface area contributed by atoms with Crippen molar-refractivity contribution in [2.75, 3.05) is 115 Å². The van der Waals surface area contributed by atoms with Gasteiger partial charge in [0.2, 0.25) is 0 Å². The number of nitrogens with two attached hydrogens (primary N) is 20. The molecule has 0 aliphatic heterocycles. The molecule has 51 nitrogen and oxygen atoms in total. The highest BCUT2D eigenvalue weighted by Crippen LogP contribution is 2.24. The van der Waals surface area contributed by atoms with E-state index in [1.165, 1.54) is 237 Å². The summed E-state index contributed by atoms with van der Waals surface area (Å²) in [4.78, 5) is 81.1. The second-order valence-electron chi connectivity index (χ2n) is 27.3. The van der Waals surface area contributed by atoms with Crippen LogP contribution in [0.25, 0.3) is 0 Å². The molecule has 0 spiro atoms. The van der Waals surface area contributed by atoms with Gasteiger partial charge in [-0.2, -0.15) is 25.3 Å². The van der Waals surface area contributed by atoms with Crippen LogP contribution in [0.2, 0.25) is 0 Å². The van der Waals surface area contributed by atoms with Crippen LogP contribution in [0.15, 0.2) is 297 Å². The standard InChI is InChI=1S/5C7H8N2O2.3C7H7NO2.2C6H8N2O3S.3C6H7NO3S/c5*8-5-1-4(7(10)11)2-6(9)3-5;3*8-6-3-1-5(2-4-6)7(9)10;2*7-4-1-2-5(8)6(3-4)12(9,10)11;3*7-5-1-3-6(4-2-5)11(8,9)10/h5*1-3H,8-9H2,(H,10,11);3*1-4H,8H2,(H,9,10);2*1-3H,7-8H2,(H,9,10,11);3*1-4H,7H2,(H,8,9,10)/p-5. The van der Waals surface area contributed by atoms with Gasteiger partial charge in [-0.3, -0.25) is 13.7 Å². The van der Waals surface area contributed by atoms with Crippen LogP contribution in [-0.2, 0) is 50.6 Å². The molecule has 0 unspecified atom stereocenters. The molecular formula is C86H93N20O31S5-5. The number of carbonyl (C=O) groups is 8. The van der Waals surface area contributed by atoms with Crippen molar-refractivity contribution in [1.29, 1.82) is 0 Å². The molecular weight excluding hydrogens is 1970 g/mol.